The van der Waals surface area contributed by atoms with Gasteiger partial charge in [0.05, 0.1) is 7.11 Å². The number of esters is 1. The van der Waals surface area contributed by atoms with Crippen LogP contribution >= 0.6 is 11.8 Å². The van der Waals surface area contributed by atoms with Crippen LogP contribution in [0.15, 0.2) is 0 Å². The molecule has 1 N–H and O–H groups in total. The van der Waals surface area contributed by atoms with Crippen molar-refractivity contribution in [3.8, 4) is 0 Å². The molecule has 0 fully saturated rings. The Hall–Kier alpha value is -0.220. The standard InChI is InChI=1S/C10H21NO2S/c1-5-9(10(12)13-3)11-6-8(2)7-14-4/h8-9,11H,5-7H2,1-4H3. The molecule has 2 unspecified atom stereocenters. The zero-order valence-corrected chi connectivity index (χ0v) is 10.3. The van der Waals surface area contributed by atoms with Crippen molar-refractivity contribution in [2.45, 2.75) is 26.3 Å². The van der Waals surface area contributed by atoms with Gasteiger partial charge in [-0.3, -0.25) is 4.79 Å². The smallest absolute Gasteiger partial charge is 0.322 e. The molecule has 0 aromatic rings. The number of methoxy groups -OCH3 is 1. The van der Waals surface area contributed by atoms with Crippen LogP contribution in [0.1, 0.15) is 20.3 Å². The van der Waals surface area contributed by atoms with E-state index in [-0.39, 0.29) is 12.0 Å². The lowest BCUT2D eigenvalue weighted by molar-refractivity contribution is -0.143. The van der Waals surface area contributed by atoms with Crippen LogP contribution in [0.2, 0.25) is 0 Å². The van der Waals surface area contributed by atoms with Gasteiger partial charge in [-0.2, -0.15) is 11.8 Å². The molecule has 0 aliphatic carbocycles. The normalized spacial score (nSPS) is 14.9. The van der Waals surface area contributed by atoms with Crippen molar-refractivity contribution in [1.82, 2.24) is 5.32 Å². The molecular formula is C10H21NO2S. The van der Waals surface area contributed by atoms with Crippen LogP contribution < -0.4 is 5.32 Å². The van der Waals surface area contributed by atoms with E-state index in [4.69, 9.17) is 0 Å². The maximum atomic E-state index is 11.2. The number of thioether (sulfide) groups is 1. The zero-order chi connectivity index (χ0) is 11.0. The minimum atomic E-state index is -0.163. The number of carbonyl (C=O) groups is 1. The highest BCUT2D eigenvalue weighted by Crippen LogP contribution is 2.04. The SMILES string of the molecule is CCC(NCC(C)CSC)C(=O)OC. The zero-order valence-electron chi connectivity index (χ0n) is 9.50. The van der Waals surface area contributed by atoms with Crippen LogP contribution in [0.3, 0.4) is 0 Å². The molecule has 0 saturated heterocycles. The molecule has 0 amide bonds. The van der Waals surface area contributed by atoms with Gasteiger partial charge in [0.25, 0.3) is 0 Å². The Morgan fingerprint density at radius 2 is 2.21 bits per heavy atom. The first-order valence-electron chi connectivity index (χ1n) is 4.95. The Morgan fingerprint density at radius 1 is 1.57 bits per heavy atom. The first-order chi connectivity index (χ1) is 6.65. The van der Waals surface area contributed by atoms with Crippen LogP contribution in [-0.4, -0.2) is 37.7 Å². The topological polar surface area (TPSA) is 38.3 Å². The number of hydrogen-bond donors (Lipinski definition) is 1. The van der Waals surface area contributed by atoms with Gasteiger partial charge in [-0.15, -0.1) is 0 Å². The molecule has 0 aromatic heterocycles. The third-order valence-electron chi connectivity index (χ3n) is 2.06. The highest BCUT2D eigenvalue weighted by atomic mass is 32.2. The summed E-state index contributed by atoms with van der Waals surface area (Å²) in [6.07, 6.45) is 2.87. The summed E-state index contributed by atoms with van der Waals surface area (Å²) < 4.78 is 4.69. The molecule has 0 radical (unpaired) electrons. The fourth-order valence-corrected chi connectivity index (χ4v) is 1.91. The average molecular weight is 219 g/mol. The second-order valence-electron chi connectivity index (χ2n) is 3.45. The molecule has 0 aromatic carbocycles. The van der Waals surface area contributed by atoms with Crippen molar-refractivity contribution in [2.75, 3.05) is 25.7 Å². The van der Waals surface area contributed by atoms with Crippen LogP contribution in [0.4, 0.5) is 0 Å². The quantitative estimate of drug-likeness (QED) is 0.659. The summed E-state index contributed by atoms with van der Waals surface area (Å²) in [6.45, 7) is 5.02. The summed E-state index contributed by atoms with van der Waals surface area (Å²) in [6, 6.07) is -0.149. The summed E-state index contributed by atoms with van der Waals surface area (Å²) >= 11 is 1.83. The molecule has 14 heavy (non-hydrogen) atoms. The largest absolute Gasteiger partial charge is 0.468 e. The molecule has 0 heterocycles. The summed E-state index contributed by atoms with van der Waals surface area (Å²) in [5.41, 5.74) is 0. The summed E-state index contributed by atoms with van der Waals surface area (Å²) in [5, 5.41) is 3.22. The number of carbonyl (C=O) groups excluding carboxylic acids is 1. The first kappa shape index (κ1) is 13.8. The number of nitrogens with one attached hydrogen (secondary N) is 1. The van der Waals surface area contributed by atoms with Gasteiger partial charge in [0, 0.05) is 0 Å². The van der Waals surface area contributed by atoms with Gasteiger partial charge in [-0.1, -0.05) is 13.8 Å². The number of hydrogen-bond acceptors (Lipinski definition) is 4. The van der Waals surface area contributed by atoms with Gasteiger partial charge in [-0.05, 0) is 30.9 Å². The van der Waals surface area contributed by atoms with Crippen molar-refractivity contribution < 1.29 is 9.53 Å². The fraction of sp³-hybridized carbons (Fsp3) is 0.900. The van der Waals surface area contributed by atoms with E-state index in [0.29, 0.717) is 5.92 Å². The van der Waals surface area contributed by atoms with E-state index in [1.807, 2.05) is 18.7 Å². The molecule has 4 heteroatoms. The van der Waals surface area contributed by atoms with Crippen LogP contribution in [0.5, 0.6) is 0 Å². The predicted molar refractivity (Wildman–Crippen MR) is 61.6 cm³/mol. The van der Waals surface area contributed by atoms with E-state index in [9.17, 15) is 4.79 Å². The second-order valence-corrected chi connectivity index (χ2v) is 4.36. The van der Waals surface area contributed by atoms with Gasteiger partial charge in [0.15, 0.2) is 0 Å². The third-order valence-corrected chi connectivity index (χ3v) is 2.96. The molecule has 84 valence electrons. The Morgan fingerprint density at radius 3 is 2.64 bits per heavy atom. The summed E-state index contributed by atoms with van der Waals surface area (Å²) in [4.78, 5) is 11.2. The van der Waals surface area contributed by atoms with E-state index in [1.165, 1.54) is 7.11 Å². The molecule has 0 spiro atoms. The van der Waals surface area contributed by atoms with E-state index in [0.717, 1.165) is 18.7 Å². The molecule has 0 aliphatic rings. The molecule has 0 saturated carbocycles. The Labute approximate surface area is 91.0 Å². The lowest BCUT2D eigenvalue weighted by Crippen LogP contribution is -2.39. The Bertz CT molecular complexity index is 164. The molecule has 3 nitrogen and oxygen atoms in total. The minimum absolute atomic E-state index is 0.149. The lowest BCUT2D eigenvalue weighted by atomic mass is 10.2. The third kappa shape index (κ3) is 5.50. The van der Waals surface area contributed by atoms with Crippen LogP contribution in [-0.2, 0) is 9.53 Å². The number of rotatable bonds is 7. The number of ether oxygens (including phenoxy) is 1. The minimum Gasteiger partial charge on any atom is -0.468 e. The van der Waals surface area contributed by atoms with Crippen LogP contribution in [0.25, 0.3) is 0 Å². The van der Waals surface area contributed by atoms with Gasteiger partial charge in [0.2, 0.25) is 0 Å². The maximum Gasteiger partial charge on any atom is 0.322 e. The Kier molecular flexibility index (Phi) is 7.99. The van der Waals surface area contributed by atoms with Crippen molar-refractivity contribution in [3.63, 3.8) is 0 Å². The average Bonchev–Trinajstić information content (AvgIpc) is 2.18. The van der Waals surface area contributed by atoms with Crippen molar-refractivity contribution in [1.29, 1.82) is 0 Å². The monoisotopic (exact) mass is 219 g/mol. The van der Waals surface area contributed by atoms with Gasteiger partial charge < -0.3 is 10.1 Å². The highest BCUT2D eigenvalue weighted by molar-refractivity contribution is 7.98. The molecule has 0 aliphatic heterocycles. The predicted octanol–water partition coefficient (Wildman–Crippen LogP) is 1.53. The molecule has 0 rings (SSSR count). The van der Waals surface area contributed by atoms with Crippen LogP contribution in [0, 0.1) is 5.92 Å². The van der Waals surface area contributed by atoms with Gasteiger partial charge >= 0.3 is 5.97 Å². The fourth-order valence-electron chi connectivity index (χ4n) is 1.22. The summed E-state index contributed by atoms with van der Waals surface area (Å²) in [5.74, 6) is 1.54. The van der Waals surface area contributed by atoms with E-state index in [1.54, 1.807) is 0 Å². The second kappa shape index (κ2) is 8.12. The lowest BCUT2D eigenvalue weighted by Gasteiger charge is -2.17. The van der Waals surface area contributed by atoms with Gasteiger partial charge in [-0.25, -0.2) is 0 Å². The first-order valence-corrected chi connectivity index (χ1v) is 6.35. The van der Waals surface area contributed by atoms with Crippen molar-refractivity contribution in [3.05, 3.63) is 0 Å². The molecule has 0 bridgehead atoms. The summed E-state index contributed by atoms with van der Waals surface area (Å²) in [7, 11) is 1.43. The van der Waals surface area contributed by atoms with E-state index in [2.05, 4.69) is 23.2 Å². The molecule has 2 atom stereocenters. The van der Waals surface area contributed by atoms with E-state index < -0.39 is 0 Å². The van der Waals surface area contributed by atoms with Gasteiger partial charge in [0.1, 0.15) is 6.04 Å². The Balaban J connectivity index is 3.77. The van der Waals surface area contributed by atoms with E-state index >= 15 is 0 Å². The van der Waals surface area contributed by atoms with Crippen molar-refractivity contribution >= 4 is 17.7 Å². The molecular weight excluding hydrogens is 198 g/mol. The van der Waals surface area contributed by atoms with Crippen molar-refractivity contribution in [2.24, 2.45) is 5.92 Å². The maximum absolute atomic E-state index is 11.2. The highest BCUT2D eigenvalue weighted by Gasteiger charge is 2.16.